The molecule has 2 heterocycles. The molecule has 138 valence electrons. The third-order valence-electron chi connectivity index (χ3n) is 6.20. The number of hydrogen-bond acceptors (Lipinski definition) is 5. The van der Waals surface area contributed by atoms with Crippen molar-refractivity contribution in [3.63, 3.8) is 0 Å². The van der Waals surface area contributed by atoms with Crippen LogP contribution in [0.2, 0.25) is 0 Å². The molecule has 0 N–H and O–H groups in total. The zero-order chi connectivity index (χ0) is 17.5. The van der Waals surface area contributed by atoms with E-state index >= 15 is 0 Å². The molecule has 2 saturated heterocycles. The van der Waals surface area contributed by atoms with Crippen LogP contribution in [0.5, 0.6) is 5.75 Å². The fraction of sp³-hybridized carbons (Fsp3) is 0.700. The Bertz CT molecular complexity index is 625. The van der Waals surface area contributed by atoms with Gasteiger partial charge < -0.3 is 23.7 Å². The molecular formula is C20H28O5. The number of methoxy groups -OCH3 is 1. The van der Waals surface area contributed by atoms with Gasteiger partial charge in [-0.3, -0.25) is 0 Å². The van der Waals surface area contributed by atoms with Crippen molar-refractivity contribution in [1.29, 1.82) is 0 Å². The van der Waals surface area contributed by atoms with Crippen LogP contribution in [0.1, 0.15) is 37.3 Å². The van der Waals surface area contributed by atoms with E-state index in [2.05, 4.69) is 32.0 Å². The van der Waals surface area contributed by atoms with Crippen LogP contribution in [0.3, 0.4) is 0 Å². The zero-order valence-corrected chi connectivity index (χ0v) is 15.4. The quantitative estimate of drug-likeness (QED) is 0.836. The topological polar surface area (TPSA) is 46.2 Å². The third-order valence-corrected chi connectivity index (χ3v) is 6.20. The van der Waals surface area contributed by atoms with Crippen LogP contribution in [-0.2, 0) is 25.4 Å². The Kier molecular flexibility index (Phi) is 4.52. The lowest BCUT2D eigenvalue weighted by Gasteiger charge is -2.46. The normalized spacial score (nSPS) is 31.9. The summed E-state index contributed by atoms with van der Waals surface area (Å²) in [5.74, 6) is 0.832. The van der Waals surface area contributed by atoms with Gasteiger partial charge in [0.05, 0.1) is 26.4 Å². The lowest BCUT2D eigenvalue weighted by atomic mass is 9.70. The predicted molar refractivity (Wildman–Crippen MR) is 92.6 cm³/mol. The standard InChI is InChI=1S/C20H28O5/c1-14-4-5-16(11-17(14)21-3)10-15(2)20-7-6-19(23-8-9-24-19)12-18(20)22-13-25-20/h4-5,11,15,18H,6-10,12-13H2,1-3H3/t15?,18-,20-/m1/s1. The molecule has 2 aliphatic heterocycles. The van der Waals surface area contributed by atoms with Crippen LogP contribution in [0.15, 0.2) is 18.2 Å². The van der Waals surface area contributed by atoms with Crippen LogP contribution in [0.4, 0.5) is 0 Å². The van der Waals surface area contributed by atoms with Crippen molar-refractivity contribution < 1.29 is 23.7 Å². The molecule has 1 aliphatic carbocycles. The maximum atomic E-state index is 6.20. The van der Waals surface area contributed by atoms with Gasteiger partial charge in [-0.25, -0.2) is 0 Å². The van der Waals surface area contributed by atoms with Crippen molar-refractivity contribution >= 4 is 0 Å². The molecule has 0 aromatic heterocycles. The van der Waals surface area contributed by atoms with Gasteiger partial charge in [-0.2, -0.15) is 0 Å². The van der Waals surface area contributed by atoms with E-state index in [4.69, 9.17) is 23.7 Å². The Balaban J connectivity index is 1.51. The SMILES string of the molecule is COc1cc(CC(C)[C@]23CCC4(C[C@H]2OCO3)OCCO4)ccc1C. The van der Waals surface area contributed by atoms with Gasteiger partial charge in [0.2, 0.25) is 0 Å². The number of ether oxygens (including phenoxy) is 5. The largest absolute Gasteiger partial charge is 0.496 e. The van der Waals surface area contributed by atoms with E-state index in [1.165, 1.54) is 5.56 Å². The molecule has 5 nitrogen and oxygen atoms in total. The molecule has 3 aliphatic rings. The maximum absolute atomic E-state index is 6.20. The Morgan fingerprint density at radius 3 is 2.76 bits per heavy atom. The summed E-state index contributed by atoms with van der Waals surface area (Å²) < 4.78 is 29.4. The molecule has 5 heteroatoms. The van der Waals surface area contributed by atoms with Crippen molar-refractivity contribution in [2.75, 3.05) is 27.1 Å². The maximum Gasteiger partial charge on any atom is 0.171 e. The predicted octanol–water partition coefficient (Wildman–Crippen LogP) is 3.22. The second-order valence-electron chi connectivity index (χ2n) is 7.59. The van der Waals surface area contributed by atoms with Crippen LogP contribution < -0.4 is 4.74 Å². The van der Waals surface area contributed by atoms with Crippen molar-refractivity contribution in [2.45, 2.75) is 57.0 Å². The minimum absolute atomic E-state index is 0.0293. The molecule has 25 heavy (non-hydrogen) atoms. The van der Waals surface area contributed by atoms with Gasteiger partial charge in [0.15, 0.2) is 5.79 Å². The molecule has 1 saturated carbocycles. The van der Waals surface area contributed by atoms with E-state index in [1.54, 1.807) is 7.11 Å². The van der Waals surface area contributed by atoms with E-state index in [9.17, 15) is 0 Å². The van der Waals surface area contributed by atoms with E-state index in [-0.39, 0.29) is 11.7 Å². The van der Waals surface area contributed by atoms with Gasteiger partial charge >= 0.3 is 0 Å². The molecule has 1 aromatic rings. The lowest BCUT2D eigenvalue weighted by Crippen LogP contribution is -2.55. The summed E-state index contributed by atoms with van der Waals surface area (Å²) in [5.41, 5.74) is 2.18. The fourth-order valence-electron chi connectivity index (χ4n) is 4.68. The Hall–Kier alpha value is -1.14. The van der Waals surface area contributed by atoms with Gasteiger partial charge in [0.1, 0.15) is 18.1 Å². The number of fused-ring (bicyclic) bond motifs is 1. The molecule has 1 aromatic carbocycles. The zero-order valence-electron chi connectivity index (χ0n) is 15.4. The number of hydrogen-bond donors (Lipinski definition) is 0. The first-order chi connectivity index (χ1) is 12.1. The molecule has 0 amide bonds. The van der Waals surface area contributed by atoms with E-state index < -0.39 is 5.79 Å². The highest BCUT2D eigenvalue weighted by atomic mass is 16.8. The van der Waals surface area contributed by atoms with Crippen molar-refractivity contribution in [2.24, 2.45) is 5.92 Å². The smallest absolute Gasteiger partial charge is 0.171 e. The van der Waals surface area contributed by atoms with Gasteiger partial charge in [-0.15, -0.1) is 0 Å². The summed E-state index contributed by atoms with van der Waals surface area (Å²) in [7, 11) is 1.72. The van der Waals surface area contributed by atoms with Crippen LogP contribution in [0, 0.1) is 12.8 Å². The summed E-state index contributed by atoms with van der Waals surface area (Å²) in [4.78, 5) is 0. The Morgan fingerprint density at radius 2 is 2.00 bits per heavy atom. The molecule has 0 bridgehead atoms. The van der Waals surface area contributed by atoms with Crippen LogP contribution in [0.25, 0.3) is 0 Å². The fourth-order valence-corrected chi connectivity index (χ4v) is 4.68. The second-order valence-corrected chi connectivity index (χ2v) is 7.59. The van der Waals surface area contributed by atoms with E-state index in [0.717, 1.165) is 37.0 Å². The molecule has 1 unspecified atom stereocenters. The summed E-state index contributed by atoms with van der Waals surface area (Å²) in [5, 5.41) is 0. The van der Waals surface area contributed by atoms with E-state index in [1.807, 2.05) is 0 Å². The molecule has 3 atom stereocenters. The van der Waals surface area contributed by atoms with Crippen molar-refractivity contribution in [3.05, 3.63) is 29.3 Å². The molecule has 0 radical (unpaired) electrons. The minimum Gasteiger partial charge on any atom is -0.496 e. The minimum atomic E-state index is -0.450. The Morgan fingerprint density at radius 1 is 1.20 bits per heavy atom. The van der Waals surface area contributed by atoms with Crippen LogP contribution >= 0.6 is 0 Å². The average Bonchev–Trinajstić information content (AvgIpc) is 3.24. The first-order valence-electron chi connectivity index (χ1n) is 9.24. The number of aryl methyl sites for hydroxylation is 1. The lowest BCUT2D eigenvalue weighted by molar-refractivity contribution is -0.220. The van der Waals surface area contributed by atoms with E-state index in [0.29, 0.717) is 25.9 Å². The number of rotatable bonds is 4. The monoisotopic (exact) mass is 348 g/mol. The van der Waals surface area contributed by atoms with Crippen molar-refractivity contribution in [1.82, 2.24) is 0 Å². The first kappa shape index (κ1) is 17.3. The Labute approximate surface area is 149 Å². The summed E-state index contributed by atoms with van der Waals surface area (Å²) in [6.45, 7) is 6.06. The highest BCUT2D eigenvalue weighted by Crippen LogP contribution is 2.49. The molecule has 4 rings (SSSR count). The van der Waals surface area contributed by atoms with Gasteiger partial charge in [-0.1, -0.05) is 19.1 Å². The van der Waals surface area contributed by atoms with Gasteiger partial charge in [0.25, 0.3) is 0 Å². The highest BCUT2D eigenvalue weighted by molar-refractivity contribution is 5.36. The first-order valence-corrected chi connectivity index (χ1v) is 9.24. The third kappa shape index (κ3) is 2.97. The van der Waals surface area contributed by atoms with Crippen LogP contribution in [-0.4, -0.2) is 44.6 Å². The average molecular weight is 348 g/mol. The summed E-state index contributed by atoms with van der Waals surface area (Å²) >= 11 is 0. The summed E-state index contributed by atoms with van der Waals surface area (Å²) in [6.07, 6.45) is 3.50. The molecule has 3 fully saturated rings. The molecular weight excluding hydrogens is 320 g/mol. The van der Waals surface area contributed by atoms with Gasteiger partial charge in [0, 0.05) is 12.8 Å². The summed E-state index contributed by atoms with van der Waals surface area (Å²) in [6, 6.07) is 6.45. The highest BCUT2D eigenvalue weighted by Gasteiger charge is 2.58. The second kappa shape index (κ2) is 6.54. The number of benzene rings is 1. The van der Waals surface area contributed by atoms with Crippen molar-refractivity contribution in [3.8, 4) is 5.75 Å². The van der Waals surface area contributed by atoms with Gasteiger partial charge in [-0.05, 0) is 42.9 Å². The molecule has 1 spiro atoms.